The van der Waals surface area contributed by atoms with Gasteiger partial charge in [0.2, 0.25) is 11.8 Å². The number of hydrogen-bond donors (Lipinski definition) is 2. The maximum absolute atomic E-state index is 11.2. The van der Waals surface area contributed by atoms with E-state index in [0.717, 1.165) is 25.9 Å². The van der Waals surface area contributed by atoms with Crippen molar-refractivity contribution in [3.63, 3.8) is 0 Å². The number of aliphatic hydroxyl groups is 2. The molecule has 2 unspecified atom stereocenters. The first-order chi connectivity index (χ1) is 14.5. The summed E-state index contributed by atoms with van der Waals surface area (Å²) >= 11 is 0. The molecule has 2 rings (SSSR count). The maximum atomic E-state index is 11.2. The number of ether oxygens (including phenoxy) is 4. The number of amides is 2. The van der Waals surface area contributed by atoms with Crippen molar-refractivity contribution < 1.29 is 38.7 Å². The molecule has 2 saturated heterocycles. The molecule has 0 aromatic carbocycles. The van der Waals surface area contributed by atoms with Crippen molar-refractivity contribution in [1.29, 1.82) is 0 Å². The summed E-state index contributed by atoms with van der Waals surface area (Å²) in [7, 11) is 6.32. The molecule has 2 N–H and O–H groups in total. The van der Waals surface area contributed by atoms with E-state index in [-0.39, 0.29) is 38.2 Å². The summed E-state index contributed by atoms with van der Waals surface area (Å²) in [6.07, 6.45) is 1.90. The molecule has 0 radical (unpaired) electrons. The molecule has 0 spiro atoms. The van der Waals surface area contributed by atoms with Gasteiger partial charge in [0, 0.05) is 52.2 Å². The van der Waals surface area contributed by atoms with E-state index in [1.165, 1.54) is 0 Å². The van der Waals surface area contributed by atoms with Gasteiger partial charge in [-0.3, -0.25) is 9.59 Å². The van der Waals surface area contributed by atoms with Crippen LogP contribution >= 0.6 is 0 Å². The van der Waals surface area contributed by atoms with Crippen LogP contribution in [0.3, 0.4) is 0 Å². The van der Waals surface area contributed by atoms with Crippen LogP contribution in [0, 0.1) is 14.2 Å². The van der Waals surface area contributed by atoms with Gasteiger partial charge in [0.1, 0.15) is 0 Å². The van der Waals surface area contributed by atoms with Gasteiger partial charge in [0.05, 0.1) is 38.6 Å². The van der Waals surface area contributed by atoms with Crippen LogP contribution in [0.2, 0.25) is 0 Å². The molecule has 0 aromatic heterocycles. The minimum atomic E-state index is -0.642. The van der Waals surface area contributed by atoms with Gasteiger partial charge in [0.15, 0.2) is 0 Å². The Hall–Kier alpha value is -2.30. The smallest absolute Gasteiger partial charge is 0.222 e. The standard InChI is InChI=1S/2C10H18NO4.Rf/c2*1-14-7-9(12)8-15-6-5-11-4-2-3-10(11)13;/h2*9,12H,1-8H2;/q2*-1;. The largest absolute Gasteiger partial charge is 0.553 e. The molecule has 2 amide bonds. The van der Waals surface area contributed by atoms with Crippen molar-refractivity contribution in [2.45, 2.75) is 37.9 Å². The Morgan fingerprint density at radius 3 is 1.45 bits per heavy atom. The summed E-state index contributed by atoms with van der Waals surface area (Å²) < 4.78 is 19.4. The minimum absolute atomic E-state index is 0. The summed E-state index contributed by atoms with van der Waals surface area (Å²) in [5, 5.41) is 18.4. The molecule has 178 valence electrons. The topological polar surface area (TPSA) is 118 Å². The van der Waals surface area contributed by atoms with Crippen molar-refractivity contribution in [1.82, 2.24) is 9.80 Å². The predicted octanol–water partition coefficient (Wildman–Crippen LogP) is -0.411. The average Bonchev–Trinajstić information content (AvgIpc) is 3.31. The first-order valence-electron chi connectivity index (χ1n) is 10.3. The number of carbonyl (C=O) groups is 2. The van der Waals surface area contributed by atoms with Crippen LogP contribution in [-0.4, -0.2) is 110 Å². The number of carbonyl (C=O) groups excluding carboxylic acids is 2. The second-order valence-corrected chi connectivity index (χ2v) is 7.17. The van der Waals surface area contributed by atoms with E-state index in [1.54, 1.807) is 9.80 Å². The number of rotatable bonds is 14. The molecule has 10 nitrogen and oxygen atoms in total. The van der Waals surface area contributed by atoms with Gasteiger partial charge >= 0.3 is 0 Å². The number of nitrogens with zero attached hydrogens (tertiary/aromatic N) is 2. The zero-order valence-corrected chi connectivity index (χ0v) is 24.8. The molecule has 0 aliphatic carbocycles. The zero-order chi connectivity index (χ0) is 22.2. The van der Waals surface area contributed by atoms with Gasteiger partial charge in [0.25, 0.3) is 0 Å². The fourth-order valence-electron chi connectivity index (χ4n) is 3.04. The van der Waals surface area contributed by atoms with Crippen LogP contribution in [0.25, 0.3) is 0 Å². The van der Waals surface area contributed by atoms with Crippen molar-refractivity contribution in [3.8, 4) is 0 Å². The van der Waals surface area contributed by atoms with Crippen molar-refractivity contribution >= 4 is 11.8 Å². The Morgan fingerprint density at radius 2 is 1.16 bits per heavy atom. The van der Waals surface area contributed by atoms with Crippen LogP contribution in [-0.2, 0) is 28.5 Å². The van der Waals surface area contributed by atoms with Crippen LogP contribution < -0.4 is 0 Å². The van der Waals surface area contributed by atoms with E-state index in [4.69, 9.17) is 9.47 Å². The molecule has 2 aliphatic rings. The van der Waals surface area contributed by atoms with E-state index in [1.807, 2.05) is 0 Å². The van der Waals surface area contributed by atoms with Gasteiger partial charge in [-0.25, -0.2) is 14.2 Å². The van der Waals surface area contributed by atoms with Crippen molar-refractivity contribution in [3.05, 3.63) is 14.2 Å². The van der Waals surface area contributed by atoms with Crippen molar-refractivity contribution in [2.75, 3.05) is 65.8 Å². The molecule has 2 aliphatic heterocycles. The van der Waals surface area contributed by atoms with E-state index >= 15 is 0 Å². The Bertz CT molecular complexity index is 444. The number of aliphatic hydroxyl groups excluding tert-OH is 2. The number of likely N-dealkylation sites (tertiary alicyclic amines) is 2. The fourth-order valence-corrected chi connectivity index (χ4v) is 3.04. The summed E-state index contributed by atoms with van der Waals surface area (Å²) in [6.45, 7) is 4.56. The van der Waals surface area contributed by atoms with E-state index in [0.29, 0.717) is 39.1 Å². The normalized spacial score (nSPS) is 17.9. The van der Waals surface area contributed by atoms with Crippen LogP contribution in [0.4, 0.5) is 0 Å². The number of hydrogen-bond acceptors (Lipinski definition) is 8. The molecule has 2 atom stereocenters. The predicted molar refractivity (Wildman–Crippen MR) is 108 cm³/mol. The van der Waals surface area contributed by atoms with E-state index < -0.39 is 12.2 Å². The maximum Gasteiger partial charge on any atom is 0.222 e. The quantitative estimate of drug-likeness (QED) is 0.186. The van der Waals surface area contributed by atoms with Crippen LogP contribution in [0.15, 0.2) is 0 Å². The molecule has 31 heavy (non-hydrogen) atoms. The Balaban J connectivity index is 0.000000562. The minimum Gasteiger partial charge on any atom is -0.553 e. The second-order valence-electron chi connectivity index (χ2n) is 7.17. The molecule has 11 heteroatoms. The Labute approximate surface area is 179 Å². The molecule has 0 aromatic rings. The fraction of sp³-hybridized carbons (Fsp3) is 0.800. The molecule has 0 bridgehead atoms. The van der Waals surface area contributed by atoms with Gasteiger partial charge in [-0.15, -0.1) is 0 Å². The Kier molecular flexibility index (Phi) is 16.1. The van der Waals surface area contributed by atoms with E-state index in [2.05, 4.69) is 23.7 Å². The SMILES string of the molecule is [CH2-]OCC(O)COCCN1CCCC1=O.[CH2-]OCC(O)COCCN1CCCC1=O.[Rf]. The molecule has 2 heterocycles. The van der Waals surface area contributed by atoms with Crippen LogP contribution in [0.5, 0.6) is 0 Å². The van der Waals surface area contributed by atoms with Gasteiger partial charge in [-0.05, 0) is 12.8 Å². The van der Waals surface area contributed by atoms with Gasteiger partial charge in [-0.2, -0.15) is 0 Å². The molecule has 0 saturated carbocycles. The Morgan fingerprint density at radius 1 is 0.774 bits per heavy atom. The van der Waals surface area contributed by atoms with Gasteiger partial charge in [-0.1, -0.05) is 0 Å². The average molecular weight is 700 g/mol. The van der Waals surface area contributed by atoms with Gasteiger partial charge < -0.3 is 39.0 Å². The third-order valence-corrected chi connectivity index (χ3v) is 4.59. The monoisotopic (exact) mass is 699 g/mol. The summed E-state index contributed by atoms with van der Waals surface area (Å²) in [5.41, 5.74) is 0. The summed E-state index contributed by atoms with van der Waals surface area (Å²) in [5.74, 6) is 0.389. The third kappa shape index (κ3) is 12.9. The molecular formula is C20H36N2O8Rf-2. The summed E-state index contributed by atoms with van der Waals surface area (Å²) in [6, 6.07) is 0. The zero-order valence-electron chi connectivity index (χ0n) is 18.4. The first kappa shape index (κ1) is 28.7. The first-order valence-corrected chi connectivity index (χ1v) is 10.3. The summed E-state index contributed by atoms with van der Waals surface area (Å²) in [4.78, 5) is 26.0. The second kappa shape index (κ2) is 17.4. The molecule has 2 fully saturated rings. The van der Waals surface area contributed by atoms with E-state index in [9.17, 15) is 19.8 Å². The van der Waals surface area contributed by atoms with Crippen LogP contribution in [0.1, 0.15) is 25.7 Å². The van der Waals surface area contributed by atoms with Crippen molar-refractivity contribution in [2.24, 2.45) is 0 Å². The molecular weight excluding hydrogens is 663 g/mol. The third-order valence-electron chi connectivity index (χ3n) is 4.59.